The number of benzene rings is 2. The Hall–Kier alpha value is -2.38. The van der Waals surface area contributed by atoms with Gasteiger partial charge in [-0.25, -0.2) is 0 Å². The number of carbonyl (C=O) groups excluding carboxylic acids is 1. The van der Waals surface area contributed by atoms with Crippen LogP contribution >= 0.6 is 23.1 Å². The van der Waals surface area contributed by atoms with Crippen LogP contribution in [0.15, 0.2) is 52.9 Å². The summed E-state index contributed by atoms with van der Waals surface area (Å²) >= 11 is 2.97. The lowest BCUT2D eigenvalue weighted by molar-refractivity contribution is -0.118. The lowest BCUT2D eigenvalue weighted by Crippen LogP contribution is -2.20. The Bertz CT molecular complexity index is 894. The van der Waals surface area contributed by atoms with Crippen molar-refractivity contribution in [2.24, 2.45) is 0 Å². The van der Waals surface area contributed by atoms with Crippen molar-refractivity contribution < 1.29 is 9.53 Å². The summed E-state index contributed by atoms with van der Waals surface area (Å²) in [6.45, 7) is 4.09. The molecule has 1 N–H and O–H groups in total. The first-order chi connectivity index (χ1) is 13.1. The van der Waals surface area contributed by atoms with Crippen molar-refractivity contribution in [2.75, 3.05) is 11.9 Å². The van der Waals surface area contributed by atoms with E-state index in [1.807, 2.05) is 24.3 Å². The van der Waals surface area contributed by atoms with E-state index in [1.54, 1.807) is 11.8 Å². The Morgan fingerprint density at radius 1 is 1.15 bits per heavy atom. The highest BCUT2D eigenvalue weighted by molar-refractivity contribution is 8.00. The normalized spacial score (nSPS) is 10.6. The molecule has 1 heterocycles. The van der Waals surface area contributed by atoms with Crippen LogP contribution in [0.5, 0.6) is 5.75 Å². The van der Waals surface area contributed by atoms with Gasteiger partial charge in [0.05, 0.1) is 0 Å². The molecular weight excluding hydrogens is 378 g/mol. The molecule has 0 aliphatic carbocycles. The highest BCUT2D eigenvalue weighted by Gasteiger charge is 2.10. The van der Waals surface area contributed by atoms with Gasteiger partial charge in [-0.1, -0.05) is 72.0 Å². The number of hydrogen-bond acceptors (Lipinski definition) is 6. The maximum atomic E-state index is 12.1. The molecule has 140 valence electrons. The van der Waals surface area contributed by atoms with E-state index in [9.17, 15) is 4.79 Å². The second-order valence-corrected chi connectivity index (χ2v) is 8.19. The van der Waals surface area contributed by atoms with Crippen molar-refractivity contribution in [3.8, 4) is 5.75 Å². The second-order valence-electron chi connectivity index (χ2n) is 5.99. The lowest BCUT2D eigenvalue weighted by Gasteiger charge is -2.06. The molecule has 0 spiro atoms. The SMILES string of the molecule is CCc1cccc(OCC(=O)Nc2nnc(SCc3ccc(C)cc3)s2)c1. The quantitative estimate of drug-likeness (QED) is 0.439. The molecule has 3 rings (SSSR count). The van der Waals surface area contributed by atoms with E-state index in [0.29, 0.717) is 10.9 Å². The summed E-state index contributed by atoms with van der Waals surface area (Å²) in [5.74, 6) is 1.26. The van der Waals surface area contributed by atoms with Crippen molar-refractivity contribution in [3.05, 3.63) is 65.2 Å². The molecule has 5 nitrogen and oxygen atoms in total. The van der Waals surface area contributed by atoms with E-state index >= 15 is 0 Å². The third-order valence-corrected chi connectivity index (χ3v) is 5.86. The first-order valence-corrected chi connectivity index (χ1v) is 10.5. The van der Waals surface area contributed by atoms with Gasteiger partial charge in [0, 0.05) is 5.75 Å². The molecule has 1 amide bonds. The molecule has 0 aliphatic rings. The van der Waals surface area contributed by atoms with Crippen molar-refractivity contribution in [3.63, 3.8) is 0 Å². The third-order valence-electron chi connectivity index (χ3n) is 3.81. The van der Waals surface area contributed by atoms with E-state index < -0.39 is 0 Å². The second kappa shape index (κ2) is 9.53. The molecule has 3 aromatic rings. The number of aromatic nitrogens is 2. The molecule has 0 saturated carbocycles. The molecule has 2 aromatic carbocycles. The zero-order chi connectivity index (χ0) is 19.1. The molecule has 0 unspecified atom stereocenters. The highest BCUT2D eigenvalue weighted by atomic mass is 32.2. The largest absolute Gasteiger partial charge is 0.484 e. The van der Waals surface area contributed by atoms with E-state index in [2.05, 4.69) is 53.6 Å². The number of thioether (sulfide) groups is 1. The van der Waals surface area contributed by atoms with Gasteiger partial charge in [-0.15, -0.1) is 10.2 Å². The molecule has 1 aromatic heterocycles. The molecular formula is C20H21N3O2S2. The third kappa shape index (κ3) is 6.08. The van der Waals surface area contributed by atoms with E-state index in [-0.39, 0.29) is 12.5 Å². The number of nitrogens with one attached hydrogen (secondary N) is 1. The predicted molar refractivity (Wildman–Crippen MR) is 111 cm³/mol. The van der Waals surface area contributed by atoms with Gasteiger partial charge >= 0.3 is 0 Å². The summed E-state index contributed by atoms with van der Waals surface area (Å²) in [5.41, 5.74) is 3.65. The highest BCUT2D eigenvalue weighted by Crippen LogP contribution is 2.28. The molecule has 7 heteroatoms. The van der Waals surface area contributed by atoms with Crippen molar-refractivity contribution in [1.82, 2.24) is 10.2 Å². The van der Waals surface area contributed by atoms with E-state index in [0.717, 1.165) is 16.5 Å². The van der Waals surface area contributed by atoms with Gasteiger partial charge in [0.25, 0.3) is 5.91 Å². The zero-order valence-corrected chi connectivity index (χ0v) is 16.9. The predicted octanol–water partition coefficient (Wildman–Crippen LogP) is 4.72. The summed E-state index contributed by atoms with van der Waals surface area (Å²) in [7, 11) is 0. The van der Waals surface area contributed by atoms with Crippen molar-refractivity contribution in [2.45, 2.75) is 30.4 Å². The number of aryl methyl sites for hydroxylation is 2. The topological polar surface area (TPSA) is 64.1 Å². The van der Waals surface area contributed by atoms with E-state index in [1.165, 1.54) is 28.0 Å². The Balaban J connectivity index is 1.46. The maximum absolute atomic E-state index is 12.1. The Labute approximate surface area is 167 Å². The fraction of sp³-hybridized carbons (Fsp3) is 0.250. The van der Waals surface area contributed by atoms with Crippen LogP contribution in [0.3, 0.4) is 0 Å². The van der Waals surface area contributed by atoms with Crippen LogP contribution < -0.4 is 10.1 Å². The van der Waals surface area contributed by atoms with Gasteiger partial charge in [0.15, 0.2) is 10.9 Å². The minimum Gasteiger partial charge on any atom is -0.484 e. The summed E-state index contributed by atoms with van der Waals surface area (Å²) in [5, 5.41) is 11.4. The molecule has 0 bridgehead atoms. The van der Waals surface area contributed by atoms with Gasteiger partial charge in [0.2, 0.25) is 5.13 Å². The first kappa shape index (κ1) is 19.4. The van der Waals surface area contributed by atoms with Crippen LogP contribution in [0.4, 0.5) is 5.13 Å². The van der Waals surface area contributed by atoms with Gasteiger partial charge in [-0.2, -0.15) is 0 Å². The summed E-state index contributed by atoms with van der Waals surface area (Å²) < 4.78 is 6.37. The number of carbonyl (C=O) groups is 1. The molecule has 0 fully saturated rings. The average molecular weight is 400 g/mol. The molecule has 0 aliphatic heterocycles. The van der Waals surface area contributed by atoms with Crippen LogP contribution in [0, 0.1) is 6.92 Å². The van der Waals surface area contributed by atoms with Gasteiger partial charge in [-0.3, -0.25) is 10.1 Å². The standard InChI is InChI=1S/C20H21N3O2S2/c1-3-15-5-4-6-17(11-15)25-12-18(24)21-19-22-23-20(27-19)26-13-16-9-7-14(2)8-10-16/h4-11H,3,12-13H2,1-2H3,(H,21,22,24). The Morgan fingerprint density at radius 3 is 2.74 bits per heavy atom. The van der Waals surface area contributed by atoms with E-state index in [4.69, 9.17) is 4.74 Å². The number of hydrogen-bond donors (Lipinski definition) is 1. The molecule has 0 saturated heterocycles. The number of nitrogens with zero attached hydrogens (tertiary/aromatic N) is 2. The zero-order valence-electron chi connectivity index (χ0n) is 15.3. The van der Waals surface area contributed by atoms with Gasteiger partial charge in [0.1, 0.15) is 5.75 Å². The molecule has 27 heavy (non-hydrogen) atoms. The monoisotopic (exact) mass is 399 g/mol. The van der Waals surface area contributed by atoms with Crippen LogP contribution in [-0.4, -0.2) is 22.7 Å². The van der Waals surface area contributed by atoms with Gasteiger partial charge < -0.3 is 4.74 Å². The summed E-state index contributed by atoms with van der Waals surface area (Å²) in [4.78, 5) is 12.1. The molecule has 0 atom stereocenters. The maximum Gasteiger partial charge on any atom is 0.264 e. The molecule has 0 radical (unpaired) electrons. The van der Waals surface area contributed by atoms with Crippen LogP contribution in [-0.2, 0) is 17.0 Å². The van der Waals surface area contributed by atoms with Crippen LogP contribution in [0.2, 0.25) is 0 Å². The number of ether oxygens (including phenoxy) is 1. The number of anilines is 1. The lowest BCUT2D eigenvalue weighted by atomic mass is 10.2. The Kier molecular flexibility index (Phi) is 6.84. The van der Waals surface area contributed by atoms with Crippen molar-refractivity contribution in [1.29, 1.82) is 0 Å². The fourth-order valence-corrected chi connectivity index (χ4v) is 4.03. The summed E-state index contributed by atoms with van der Waals surface area (Å²) in [6.07, 6.45) is 0.928. The minimum absolute atomic E-state index is 0.0570. The van der Waals surface area contributed by atoms with Crippen LogP contribution in [0.25, 0.3) is 0 Å². The Morgan fingerprint density at radius 2 is 1.96 bits per heavy atom. The minimum atomic E-state index is -0.247. The number of amides is 1. The van der Waals surface area contributed by atoms with Crippen LogP contribution in [0.1, 0.15) is 23.6 Å². The first-order valence-electron chi connectivity index (χ1n) is 8.66. The average Bonchev–Trinajstić information content (AvgIpc) is 3.13. The number of rotatable bonds is 8. The fourth-order valence-electron chi connectivity index (χ4n) is 2.31. The summed E-state index contributed by atoms with van der Waals surface area (Å²) in [6, 6.07) is 16.1. The van der Waals surface area contributed by atoms with Gasteiger partial charge in [-0.05, 0) is 36.6 Å². The van der Waals surface area contributed by atoms with Crippen molar-refractivity contribution >= 4 is 34.1 Å². The smallest absolute Gasteiger partial charge is 0.264 e.